The quantitative estimate of drug-likeness (QED) is 0.679. The number of benzene rings is 2. The summed E-state index contributed by atoms with van der Waals surface area (Å²) < 4.78 is 5.43. The molecule has 1 heterocycles. The lowest BCUT2D eigenvalue weighted by molar-refractivity contribution is 0.112. The summed E-state index contributed by atoms with van der Waals surface area (Å²) in [6.07, 6.45) is 0.770. The van der Waals surface area contributed by atoms with E-state index in [2.05, 4.69) is 4.98 Å². The van der Waals surface area contributed by atoms with E-state index in [1.54, 1.807) is 7.11 Å². The molecule has 3 nitrogen and oxygen atoms in total. The summed E-state index contributed by atoms with van der Waals surface area (Å²) in [7, 11) is 1.64. The Labute approximate surface area is 114 Å². The molecule has 0 spiro atoms. The summed E-state index contributed by atoms with van der Waals surface area (Å²) in [4.78, 5) is 15.1. The third-order valence-electron chi connectivity index (χ3n) is 2.99. The first kappa shape index (κ1) is 11.9. The van der Waals surface area contributed by atoms with Gasteiger partial charge in [-0.05, 0) is 16.8 Å². The van der Waals surface area contributed by atoms with Gasteiger partial charge in [-0.25, -0.2) is 4.98 Å². The molecule has 3 rings (SSSR count). The van der Waals surface area contributed by atoms with Crippen LogP contribution >= 0.6 is 11.3 Å². The first-order valence-corrected chi connectivity index (χ1v) is 6.68. The molecule has 0 N–H and O–H groups in total. The zero-order valence-electron chi connectivity index (χ0n) is 10.3. The summed E-state index contributed by atoms with van der Waals surface area (Å²) >= 11 is 1.34. The Kier molecular flexibility index (Phi) is 3.01. The summed E-state index contributed by atoms with van der Waals surface area (Å²) in [5, 5.41) is 4.56. The van der Waals surface area contributed by atoms with Gasteiger partial charge in [-0.3, -0.25) is 4.79 Å². The maximum atomic E-state index is 10.8. The maximum Gasteiger partial charge on any atom is 0.178 e. The van der Waals surface area contributed by atoms with Crippen molar-refractivity contribution in [3.63, 3.8) is 0 Å². The highest BCUT2D eigenvalue weighted by molar-refractivity contribution is 7.11. The van der Waals surface area contributed by atoms with Crippen LogP contribution in [0.5, 0.6) is 5.75 Å². The lowest BCUT2D eigenvalue weighted by Gasteiger charge is -2.10. The Morgan fingerprint density at radius 1 is 1.21 bits per heavy atom. The standard InChI is InChI=1S/C15H11NO2S/c1-18-13-7-6-10-4-2-3-5-11(10)15(13)12-9-19-14(8-17)16-12/h2-9H,1H3. The smallest absolute Gasteiger partial charge is 0.178 e. The fourth-order valence-corrected chi connectivity index (χ4v) is 2.75. The van der Waals surface area contributed by atoms with Gasteiger partial charge in [0.1, 0.15) is 5.75 Å². The van der Waals surface area contributed by atoms with E-state index in [0.717, 1.165) is 34.1 Å². The number of nitrogens with zero attached hydrogens (tertiary/aromatic N) is 1. The predicted octanol–water partition coefficient (Wildman–Crippen LogP) is 3.78. The van der Waals surface area contributed by atoms with Crippen LogP contribution in [0.1, 0.15) is 9.80 Å². The van der Waals surface area contributed by atoms with Gasteiger partial charge in [0.15, 0.2) is 11.3 Å². The largest absolute Gasteiger partial charge is 0.496 e. The van der Waals surface area contributed by atoms with Crippen molar-refractivity contribution < 1.29 is 9.53 Å². The molecular formula is C15H11NO2S. The Morgan fingerprint density at radius 3 is 2.79 bits per heavy atom. The number of ether oxygens (including phenoxy) is 1. The number of aromatic nitrogens is 1. The van der Waals surface area contributed by atoms with E-state index in [9.17, 15) is 4.79 Å². The summed E-state index contributed by atoms with van der Waals surface area (Å²) in [6, 6.07) is 12.0. The van der Waals surface area contributed by atoms with E-state index in [1.807, 2.05) is 41.8 Å². The summed E-state index contributed by atoms with van der Waals surface area (Å²) in [6.45, 7) is 0. The molecule has 0 aliphatic rings. The van der Waals surface area contributed by atoms with Gasteiger partial charge in [0.25, 0.3) is 0 Å². The Bertz CT molecular complexity index is 749. The van der Waals surface area contributed by atoms with Gasteiger partial charge in [0.05, 0.1) is 18.4 Å². The van der Waals surface area contributed by atoms with Gasteiger partial charge in [-0.2, -0.15) is 0 Å². The fraction of sp³-hybridized carbons (Fsp3) is 0.0667. The molecule has 4 heteroatoms. The molecule has 94 valence electrons. The average Bonchev–Trinajstić information content (AvgIpc) is 2.94. The van der Waals surface area contributed by atoms with Crippen molar-refractivity contribution in [1.29, 1.82) is 0 Å². The van der Waals surface area contributed by atoms with E-state index in [1.165, 1.54) is 11.3 Å². The van der Waals surface area contributed by atoms with E-state index >= 15 is 0 Å². The van der Waals surface area contributed by atoms with Gasteiger partial charge in [0, 0.05) is 5.38 Å². The van der Waals surface area contributed by atoms with E-state index in [0.29, 0.717) is 5.01 Å². The molecule has 0 radical (unpaired) electrons. The lowest BCUT2D eigenvalue weighted by Crippen LogP contribution is -1.90. The van der Waals surface area contributed by atoms with E-state index in [-0.39, 0.29) is 0 Å². The number of thiazole rings is 1. The van der Waals surface area contributed by atoms with Crippen molar-refractivity contribution in [1.82, 2.24) is 4.98 Å². The molecule has 0 aliphatic heterocycles. The fourth-order valence-electron chi connectivity index (χ4n) is 2.14. The molecule has 0 bridgehead atoms. The Hall–Kier alpha value is -2.20. The molecular weight excluding hydrogens is 258 g/mol. The van der Waals surface area contributed by atoms with Gasteiger partial charge in [-0.15, -0.1) is 11.3 Å². The highest BCUT2D eigenvalue weighted by Crippen LogP contribution is 2.37. The molecule has 3 aromatic rings. The molecule has 19 heavy (non-hydrogen) atoms. The van der Waals surface area contributed by atoms with Gasteiger partial charge < -0.3 is 4.74 Å². The second kappa shape index (κ2) is 4.82. The number of aldehydes is 1. The number of methoxy groups -OCH3 is 1. The second-order valence-corrected chi connectivity index (χ2v) is 4.94. The third-order valence-corrected chi connectivity index (χ3v) is 3.76. The molecule has 0 saturated heterocycles. The van der Waals surface area contributed by atoms with Crippen LogP contribution < -0.4 is 4.74 Å². The monoisotopic (exact) mass is 269 g/mol. The molecule has 0 aliphatic carbocycles. The van der Waals surface area contributed by atoms with Crippen molar-refractivity contribution in [3.8, 4) is 17.0 Å². The van der Waals surface area contributed by atoms with Crippen LogP contribution in [-0.2, 0) is 0 Å². The van der Waals surface area contributed by atoms with Gasteiger partial charge >= 0.3 is 0 Å². The van der Waals surface area contributed by atoms with Crippen molar-refractivity contribution >= 4 is 28.4 Å². The zero-order chi connectivity index (χ0) is 13.2. The van der Waals surface area contributed by atoms with Crippen molar-refractivity contribution in [2.75, 3.05) is 7.11 Å². The molecule has 0 amide bonds. The minimum Gasteiger partial charge on any atom is -0.496 e. The minimum absolute atomic E-state index is 0.477. The van der Waals surface area contributed by atoms with Crippen LogP contribution in [0.4, 0.5) is 0 Å². The SMILES string of the molecule is COc1ccc2ccccc2c1-c1csc(C=O)n1. The normalized spacial score (nSPS) is 10.6. The topological polar surface area (TPSA) is 39.2 Å². The van der Waals surface area contributed by atoms with E-state index < -0.39 is 0 Å². The number of hydrogen-bond donors (Lipinski definition) is 0. The summed E-state index contributed by atoms with van der Waals surface area (Å²) in [5.74, 6) is 0.765. The van der Waals surface area contributed by atoms with Crippen molar-refractivity contribution in [3.05, 3.63) is 46.8 Å². The molecule has 0 fully saturated rings. The molecule has 0 atom stereocenters. The van der Waals surface area contributed by atoms with Crippen LogP contribution in [0.3, 0.4) is 0 Å². The number of fused-ring (bicyclic) bond motifs is 1. The Morgan fingerprint density at radius 2 is 2.05 bits per heavy atom. The first-order valence-electron chi connectivity index (χ1n) is 5.80. The highest BCUT2D eigenvalue weighted by atomic mass is 32.1. The Balaban J connectivity index is 2.33. The van der Waals surface area contributed by atoms with Crippen LogP contribution in [0.2, 0.25) is 0 Å². The van der Waals surface area contributed by atoms with Crippen LogP contribution in [-0.4, -0.2) is 18.4 Å². The number of carbonyl (C=O) groups excluding carboxylic acids is 1. The van der Waals surface area contributed by atoms with Gasteiger partial charge in [-0.1, -0.05) is 30.3 Å². The van der Waals surface area contributed by atoms with Crippen molar-refractivity contribution in [2.45, 2.75) is 0 Å². The predicted molar refractivity (Wildman–Crippen MR) is 77.0 cm³/mol. The minimum atomic E-state index is 0.477. The number of hydrogen-bond acceptors (Lipinski definition) is 4. The van der Waals surface area contributed by atoms with Crippen LogP contribution in [0.15, 0.2) is 41.8 Å². The average molecular weight is 269 g/mol. The first-order chi connectivity index (χ1) is 9.33. The lowest BCUT2D eigenvalue weighted by atomic mass is 10.0. The molecule has 0 saturated carbocycles. The number of carbonyl (C=O) groups is 1. The van der Waals surface area contributed by atoms with Crippen LogP contribution in [0, 0.1) is 0 Å². The van der Waals surface area contributed by atoms with E-state index in [4.69, 9.17) is 4.74 Å². The maximum absolute atomic E-state index is 10.8. The summed E-state index contributed by atoms with van der Waals surface area (Å²) in [5.41, 5.74) is 1.71. The third kappa shape index (κ3) is 2.00. The highest BCUT2D eigenvalue weighted by Gasteiger charge is 2.13. The molecule has 1 aromatic heterocycles. The zero-order valence-corrected chi connectivity index (χ0v) is 11.1. The molecule has 2 aromatic carbocycles. The number of rotatable bonds is 3. The van der Waals surface area contributed by atoms with Crippen LogP contribution in [0.25, 0.3) is 22.0 Å². The second-order valence-electron chi connectivity index (χ2n) is 4.05. The van der Waals surface area contributed by atoms with Gasteiger partial charge in [0.2, 0.25) is 0 Å². The van der Waals surface area contributed by atoms with Crippen molar-refractivity contribution in [2.24, 2.45) is 0 Å². The molecule has 0 unspecified atom stereocenters.